The second kappa shape index (κ2) is 9.61. The van der Waals surface area contributed by atoms with Gasteiger partial charge in [0.2, 0.25) is 5.91 Å². The van der Waals surface area contributed by atoms with Crippen LogP contribution in [-0.2, 0) is 17.8 Å². The summed E-state index contributed by atoms with van der Waals surface area (Å²) in [6, 6.07) is 17.3. The van der Waals surface area contributed by atoms with E-state index >= 15 is 0 Å². The van der Waals surface area contributed by atoms with Gasteiger partial charge in [-0.25, -0.2) is 4.39 Å². The predicted octanol–water partition coefficient (Wildman–Crippen LogP) is 4.67. The number of hydrogen-bond donors (Lipinski definition) is 0. The summed E-state index contributed by atoms with van der Waals surface area (Å²) in [6.45, 7) is 7.02. The Morgan fingerprint density at radius 3 is 2.48 bits per heavy atom. The molecule has 0 radical (unpaired) electrons. The highest BCUT2D eigenvalue weighted by Crippen LogP contribution is 2.33. The zero-order valence-corrected chi connectivity index (χ0v) is 19.4. The maximum atomic E-state index is 14.1. The standard InChI is InChI=1S/C27H30FN3O2/c1-4-20-10-12-21(13-11-20)27(33)31(19(2)3)18-25(32)30-16-15-29-14-6-9-24(29)26(30)22-7-5-8-23(28)17-22/h5-14,17,19,26H,4,15-16,18H2,1-3H3. The second-order valence-corrected chi connectivity index (χ2v) is 8.75. The first-order chi connectivity index (χ1) is 15.9. The molecule has 0 spiro atoms. The van der Waals surface area contributed by atoms with Gasteiger partial charge in [-0.1, -0.05) is 31.2 Å². The number of amides is 2. The van der Waals surface area contributed by atoms with Crippen molar-refractivity contribution in [3.05, 3.63) is 95.1 Å². The SMILES string of the molecule is CCc1ccc(C(=O)N(CC(=O)N2CCn3cccc3C2c2cccc(F)c2)C(C)C)cc1. The van der Waals surface area contributed by atoms with Crippen molar-refractivity contribution in [1.82, 2.24) is 14.4 Å². The van der Waals surface area contributed by atoms with Crippen LogP contribution in [0.3, 0.4) is 0 Å². The fourth-order valence-corrected chi connectivity index (χ4v) is 4.45. The highest BCUT2D eigenvalue weighted by molar-refractivity contribution is 5.96. The number of halogens is 1. The molecule has 2 heterocycles. The molecule has 0 N–H and O–H groups in total. The molecule has 0 bridgehead atoms. The first-order valence-electron chi connectivity index (χ1n) is 11.5. The Balaban J connectivity index is 1.61. The molecule has 0 aliphatic carbocycles. The molecule has 1 aliphatic heterocycles. The Morgan fingerprint density at radius 1 is 1.06 bits per heavy atom. The van der Waals surface area contributed by atoms with Crippen LogP contribution in [0.1, 0.15) is 54.0 Å². The molecule has 6 heteroatoms. The molecule has 1 unspecified atom stereocenters. The third-order valence-corrected chi connectivity index (χ3v) is 6.32. The Labute approximate surface area is 194 Å². The molecule has 1 aliphatic rings. The van der Waals surface area contributed by atoms with Gasteiger partial charge in [-0.2, -0.15) is 0 Å². The molecule has 5 nitrogen and oxygen atoms in total. The van der Waals surface area contributed by atoms with Crippen LogP contribution in [-0.4, -0.2) is 45.3 Å². The lowest BCUT2D eigenvalue weighted by molar-refractivity contribution is -0.135. The molecule has 1 aromatic heterocycles. The average molecular weight is 448 g/mol. The second-order valence-electron chi connectivity index (χ2n) is 8.75. The minimum atomic E-state index is -0.398. The molecule has 0 saturated heterocycles. The van der Waals surface area contributed by atoms with Crippen LogP contribution in [0.2, 0.25) is 0 Å². The summed E-state index contributed by atoms with van der Waals surface area (Å²) in [5, 5.41) is 0. The van der Waals surface area contributed by atoms with Crippen LogP contribution < -0.4 is 0 Å². The molecule has 4 rings (SSSR count). The van der Waals surface area contributed by atoms with E-state index in [1.165, 1.54) is 12.1 Å². The number of aryl methyl sites for hydroxylation is 1. The molecular weight excluding hydrogens is 417 g/mol. The minimum Gasteiger partial charge on any atom is -0.348 e. The lowest BCUT2D eigenvalue weighted by Gasteiger charge is -2.39. The molecule has 33 heavy (non-hydrogen) atoms. The number of carbonyl (C=O) groups is 2. The summed E-state index contributed by atoms with van der Waals surface area (Å²) in [4.78, 5) is 30.2. The van der Waals surface area contributed by atoms with E-state index in [4.69, 9.17) is 0 Å². The van der Waals surface area contributed by atoms with E-state index in [0.29, 0.717) is 18.7 Å². The van der Waals surface area contributed by atoms with E-state index in [2.05, 4.69) is 11.5 Å². The zero-order chi connectivity index (χ0) is 23.5. The van der Waals surface area contributed by atoms with Gasteiger partial charge in [-0.3, -0.25) is 9.59 Å². The van der Waals surface area contributed by atoms with Gasteiger partial charge in [0, 0.05) is 36.6 Å². The lowest BCUT2D eigenvalue weighted by Crippen LogP contribution is -2.49. The number of nitrogens with zero attached hydrogens (tertiary/aromatic N) is 3. The third kappa shape index (κ3) is 4.70. The molecule has 3 aromatic rings. The predicted molar refractivity (Wildman–Crippen MR) is 126 cm³/mol. The first-order valence-corrected chi connectivity index (χ1v) is 11.5. The van der Waals surface area contributed by atoms with Gasteiger partial charge < -0.3 is 14.4 Å². The van der Waals surface area contributed by atoms with Crippen molar-refractivity contribution in [1.29, 1.82) is 0 Å². The highest BCUT2D eigenvalue weighted by atomic mass is 19.1. The molecule has 0 saturated carbocycles. The summed E-state index contributed by atoms with van der Waals surface area (Å²) >= 11 is 0. The number of aromatic nitrogens is 1. The zero-order valence-electron chi connectivity index (χ0n) is 19.4. The van der Waals surface area contributed by atoms with Crippen molar-refractivity contribution in [3.8, 4) is 0 Å². The van der Waals surface area contributed by atoms with E-state index in [9.17, 15) is 14.0 Å². The molecular formula is C27H30FN3O2. The summed E-state index contributed by atoms with van der Waals surface area (Å²) in [6.07, 6.45) is 2.88. The quantitative estimate of drug-likeness (QED) is 0.551. The van der Waals surface area contributed by atoms with E-state index in [1.54, 1.807) is 15.9 Å². The van der Waals surface area contributed by atoms with Gasteiger partial charge in [-0.05, 0) is 67.8 Å². The van der Waals surface area contributed by atoms with Gasteiger partial charge in [0.25, 0.3) is 5.91 Å². The third-order valence-electron chi connectivity index (χ3n) is 6.32. The van der Waals surface area contributed by atoms with Gasteiger partial charge in [0.1, 0.15) is 12.4 Å². The number of carbonyl (C=O) groups excluding carboxylic acids is 2. The Morgan fingerprint density at radius 2 is 1.82 bits per heavy atom. The topological polar surface area (TPSA) is 45.6 Å². The number of benzene rings is 2. The van der Waals surface area contributed by atoms with Crippen molar-refractivity contribution in [2.75, 3.05) is 13.1 Å². The number of fused-ring (bicyclic) bond motifs is 1. The Hall–Kier alpha value is -3.41. The van der Waals surface area contributed by atoms with E-state index in [1.807, 2.05) is 62.5 Å². The Bertz CT molecular complexity index is 1140. The Kier molecular flexibility index (Phi) is 6.63. The van der Waals surface area contributed by atoms with Gasteiger partial charge in [0.15, 0.2) is 0 Å². The fourth-order valence-electron chi connectivity index (χ4n) is 4.45. The van der Waals surface area contributed by atoms with Crippen LogP contribution in [0, 0.1) is 5.82 Å². The fraction of sp³-hybridized carbons (Fsp3) is 0.333. The smallest absolute Gasteiger partial charge is 0.254 e. The van der Waals surface area contributed by atoms with Crippen LogP contribution in [0.15, 0.2) is 66.9 Å². The normalized spacial score (nSPS) is 15.4. The summed E-state index contributed by atoms with van der Waals surface area (Å²) in [5.41, 5.74) is 3.40. The van der Waals surface area contributed by atoms with Gasteiger partial charge in [-0.15, -0.1) is 0 Å². The van der Waals surface area contributed by atoms with Crippen LogP contribution in [0.4, 0.5) is 4.39 Å². The maximum Gasteiger partial charge on any atom is 0.254 e. The summed E-state index contributed by atoms with van der Waals surface area (Å²) in [5.74, 6) is -0.647. The minimum absolute atomic E-state index is 0.0292. The average Bonchev–Trinajstić information content (AvgIpc) is 3.30. The van der Waals surface area contributed by atoms with E-state index in [0.717, 1.165) is 23.2 Å². The molecule has 172 valence electrons. The first kappa shape index (κ1) is 22.8. The van der Waals surface area contributed by atoms with Crippen molar-refractivity contribution >= 4 is 11.8 Å². The monoisotopic (exact) mass is 447 g/mol. The summed E-state index contributed by atoms with van der Waals surface area (Å²) in [7, 11) is 0. The van der Waals surface area contributed by atoms with E-state index in [-0.39, 0.29) is 30.2 Å². The van der Waals surface area contributed by atoms with E-state index < -0.39 is 6.04 Å². The van der Waals surface area contributed by atoms with Crippen LogP contribution >= 0.6 is 0 Å². The summed E-state index contributed by atoms with van der Waals surface area (Å²) < 4.78 is 16.1. The van der Waals surface area contributed by atoms with Gasteiger partial charge >= 0.3 is 0 Å². The highest BCUT2D eigenvalue weighted by Gasteiger charge is 2.34. The van der Waals surface area contributed by atoms with Crippen molar-refractivity contribution in [2.45, 2.75) is 45.8 Å². The van der Waals surface area contributed by atoms with Crippen molar-refractivity contribution in [2.24, 2.45) is 0 Å². The van der Waals surface area contributed by atoms with Crippen LogP contribution in [0.5, 0.6) is 0 Å². The lowest BCUT2D eigenvalue weighted by atomic mass is 9.99. The van der Waals surface area contributed by atoms with Crippen molar-refractivity contribution < 1.29 is 14.0 Å². The molecule has 2 aromatic carbocycles. The largest absolute Gasteiger partial charge is 0.348 e. The molecule has 0 fully saturated rings. The number of rotatable bonds is 6. The van der Waals surface area contributed by atoms with Crippen LogP contribution in [0.25, 0.3) is 0 Å². The molecule has 2 amide bonds. The maximum absolute atomic E-state index is 14.1. The number of hydrogen-bond acceptors (Lipinski definition) is 2. The van der Waals surface area contributed by atoms with Crippen molar-refractivity contribution in [3.63, 3.8) is 0 Å². The van der Waals surface area contributed by atoms with Gasteiger partial charge in [0.05, 0.1) is 6.04 Å². The molecule has 1 atom stereocenters.